The van der Waals surface area contributed by atoms with Gasteiger partial charge in [-0.1, -0.05) is 0 Å². The number of ketones is 2. The van der Waals surface area contributed by atoms with Crippen LogP contribution in [0.1, 0.15) is 34.1 Å². The number of sulfone groups is 2. The van der Waals surface area contributed by atoms with Crippen LogP contribution in [0, 0.1) is 0 Å². The monoisotopic (exact) mass is 402 g/mol. The molecule has 0 heterocycles. The molecule has 2 amide bonds. The maximum absolute atomic E-state index is 10.3. The fraction of sp³-hybridized carbons (Fsp3) is 0.692. The zero-order valence-electron chi connectivity index (χ0n) is 15.2. The van der Waals surface area contributed by atoms with Gasteiger partial charge < -0.3 is 10.6 Å². The van der Waals surface area contributed by atoms with Crippen LogP contribution in [-0.2, 0) is 38.9 Å². The van der Waals surface area contributed by atoms with Crippen molar-refractivity contribution in [2.24, 2.45) is 0 Å². The molecule has 0 aromatic carbocycles. The first-order chi connectivity index (χ1) is 11.0. The van der Waals surface area contributed by atoms with Crippen molar-refractivity contribution in [2.75, 3.05) is 24.3 Å². The number of carbonyl (C=O) groups is 4. The molecule has 12 heteroatoms. The van der Waals surface area contributed by atoms with Crippen LogP contribution in [0.2, 0.25) is 0 Å². The average molecular weight is 402 g/mol. The third-order valence-corrected chi connectivity index (χ3v) is 5.03. The van der Waals surface area contributed by atoms with Crippen molar-refractivity contribution in [3.8, 4) is 0 Å². The molecule has 0 saturated carbocycles. The van der Waals surface area contributed by atoms with Gasteiger partial charge in [-0.2, -0.15) is 0 Å². The van der Waals surface area contributed by atoms with Gasteiger partial charge in [0.05, 0.1) is 13.1 Å². The fourth-order valence-electron chi connectivity index (χ4n) is 1.03. The molecule has 25 heavy (non-hydrogen) atoms. The minimum Gasteiger partial charge on any atom is -0.339 e. The van der Waals surface area contributed by atoms with Gasteiger partial charge in [0, 0.05) is 26.4 Å². The molecule has 0 aromatic rings. The average Bonchev–Trinajstić information content (AvgIpc) is 2.21. The van der Waals surface area contributed by atoms with Gasteiger partial charge >= 0.3 is 0 Å². The van der Waals surface area contributed by atoms with Crippen molar-refractivity contribution in [1.29, 1.82) is 0 Å². The molecule has 0 aliphatic carbocycles. The Morgan fingerprint density at radius 2 is 0.960 bits per heavy atom. The number of carbonyl (C=O) groups excluding carboxylic acids is 4. The van der Waals surface area contributed by atoms with E-state index in [0.29, 0.717) is 0 Å². The SMILES string of the molecule is CC(=O)CC(C)=O.CC(=O)NCNC(C)=O.CS(=O)(=O)CS(C)(=O)=O. The molecule has 0 aromatic heterocycles. The second-order valence-corrected chi connectivity index (χ2v) is 9.84. The summed E-state index contributed by atoms with van der Waals surface area (Å²) in [6.45, 7) is 5.80. The summed E-state index contributed by atoms with van der Waals surface area (Å²) in [5, 5.41) is 4.05. The van der Waals surface area contributed by atoms with Crippen molar-refractivity contribution < 1.29 is 36.0 Å². The van der Waals surface area contributed by atoms with Crippen LogP contribution in [0.15, 0.2) is 0 Å². The predicted molar refractivity (Wildman–Crippen MR) is 93.0 cm³/mol. The Hall–Kier alpha value is -1.82. The Bertz CT molecular complexity index is 610. The largest absolute Gasteiger partial charge is 0.339 e. The molecule has 0 bridgehead atoms. The summed E-state index contributed by atoms with van der Waals surface area (Å²) in [5.41, 5.74) is 0. The number of rotatable bonds is 6. The second kappa shape index (κ2) is 13.5. The summed E-state index contributed by atoms with van der Waals surface area (Å²) in [7, 11) is -6.74. The Balaban J connectivity index is -0.000000293. The molecule has 0 radical (unpaired) electrons. The first kappa shape index (κ1) is 28.0. The molecule has 0 rings (SSSR count). The molecule has 0 fully saturated rings. The van der Waals surface area contributed by atoms with E-state index in [4.69, 9.17) is 0 Å². The van der Waals surface area contributed by atoms with E-state index in [1.807, 2.05) is 0 Å². The molecule has 0 aliphatic rings. The first-order valence-electron chi connectivity index (χ1n) is 6.79. The lowest BCUT2D eigenvalue weighted by atomic mass is 10.2. The van der Waals surface area contributed by atoms with Gasteiger partial charge in [0.15, 0.2) is 24.8 Å². The van der Waals surface area contributed by atoms with Crippen LogP contribution in [0.25, 0.3) is 0 Å². The summed E-state index contributed by atoms with van der Waals surface area (Å²) in [6, 6.07) is 0. The van der Waals surface area contributed by atoms with E-state index in [1.54, 1.807) is 0 Å². The maximum atomic E-state index is 10.3. The topological polar surface area (TPSA) is 161 Å². The van der Waals surface area contributed by atoms with Crippen LogP contribution in [0.4, 0.5) is 0 Å². The van der Waals surface area contributed by atoms with Crippen molar-refractivity contribution in [2.45, 2.75) is 34.1 Å². The van der Waals surface area contributed by atoms with E-state index >= 15 is 0 Å². The fourth-order valence-corrected chi connectivity index (χ4v) is 4.14. The molecule has 0 unspecified atom stereocenters. The smallest absolute Gasteiger partial charge is 0.218 e. The molecule has 10 nitrogen and oxygen atoms in total. The van der Waals surface area contributed by atoms with E-state index in [1.165, 1.54) is 27.7 Å². The third kappa shape index (κ3) is 44.9. The first-order valence-corrected chi connectivity index (χ1v) is 10.9. The molecule has 2 N–H and O–H groups in total. The van der Waals surface area contributed by atoms with E-state index in [2.05, 4.69) is 10.6 Å². The van der Waals surface area contributed by atoms with E-state index < -0.39 is 24.8 Å². The van der Waals surface area contributed by atoms with Gasteiger partial charge in [0.1, 0.15) is 11.6 Å². The summed E-state index contributed by atoms with van der Waals surface area (Å²) in [5.74, 6) is -0.424. The number of hydrogen-bond acceptors (Lipinski definition) is 8. The van der Waals surface area contributed by atoms with Crippen LogP contribution in [-0.4, -0.2) is 64.5 Å². The number of hydrogen-bond donors (Lipinski definition) is 2. The lowest BCUT2D eigenvalue weighted by Gasteiger charge is -2.00. The minimum absolute atomic E-state index is 0.0625. The third-order valence-electron chi connectivity index (χ3n) is 1.60. The van der Waals surface area contributed by atoms with Gasteiger partial charge in [-0.15, -0.1) is 0 Å². The lowest BCUT2D eigenvalue weighted by Crippen LogP contribution is -2.34. The minimum atomic E-state index is -3.37. The van der Waals surface area contributed by atoms with Crippen molar-refractivity contribution in [3.63, 3.8) is 0 Å². The van der Waals surface area contributed by atoms with E-state index in [0.717, 1.165) is 12.5 Å². The molecular weight excluding hydrogens is 376 g/mol. The summed E-state index contributed by atoms with van der Waals surface area (Å²) in [6.07, 6.45) is 1.85. The highest BCUT2D eigenvalue weighted by molar-refractivity contribution is 8.07. The van der Waals surface area contributed by atoms with Crippen LogP contribution in [0.5, 0.6) is 0 Å². The number of nitrogens with one attached hydrogen (secondary N) is 2. The van der Waals surface area contributed by atoms with Gasteiger partial charge in [0.2, 0.25) is 11.8 Å². The molecule has 0 saturated heterocycles. The molecule has 0 aliphatic heterocycles. The molecule has 0 atom stereocenters. The second-order valence-electron chi connectivity index (χ2n) is 5.19. The Morgan fingerprint density at radius 3 is 1.04 bits per heavy atom. The van der Waals surface area contributed by atoms with Gasteiger partial charge in [-0.25, -0.2) is 16.8 Å². The Morgan fingerprint density at radius 1 is 0.680 bits per heavy atom. The zero-order chi connectivity index (χ0) is 20.8. The predicted octanol–water partition coefficient (Wildman–Crippen LogP) is -1.20. The quantitative estimate of drug-likeness (QED) is 0.414. The van der Waals surface area contributed by atoms with Gasteiger partial charge in [-0.05, 0) is 13.8 Å². The van der Waals surface area contributed by atoms with E-state index in [-0.39, 0.29) is 36.5 Å². The Kier molecular flexibility index (Phi) is 15.1. The molecule has 0 spiro atoms. The zero-order valence-corrected chi connectivity index (χ0v) is 16.8. The van der Waals surface area contributed by atoms with E-state index in [9.17, 15) is 36.0 Å². The summed E-state index contributed by atoms with van der Waals surface area (Å²) in [4.78, 5) is 40.4. The highest BCUT2D eigenvalue weighted by Crippen LogP contribution is 1.89. The molecular formula is C13H26N2O8S2. The molecule has 148 valence electrons. The highest BCUT2D eigenvalue weighted by Gasteiger charge is 2.11. The van der Waals surface area contributed by atoms with Crippen molar-refractivity contribution >= 4 is 43.1 Å². The van der Waals surface area contributed by atoms with Crippen LogP contribution in [0.3, 0.4) is 0 Å². The van der Waals surface area contributed by atoms with Crippen molar-refractivity contribution in [3.05, 3.63) is 0 Å². The lowest BCUT2D eigenvalue weighted by molar-refractivity contribution is -0.125. The van der Waals surface area contributed by atoms with Crippen LogP contribution < -0.4 is 10.6 Å². The standard InChI is InChI=1S/C5H10N2O2.C5H8O2.C3H8O4S2/c1-4(8)6-3-7-5(2)9;1-4(6)3-5(2)7;1-8(4,5)3-9(2,6)7/h3H2,1-2H3,(H,6,8)(H,7,9);3H2,1-2H3;3H2,1-2H3. The van der Waals surface area contributed by atoms with Gasteiger partial charge in [-0.3, -0.25) is 19.2 Å². The highest BCUT2D eigenvalue weighted by atomic mass is 32.3. The maximum Gasteiger partial charge on any atom is 0.218 e. The summed E-state index contributed by atoms with van der Waals surface area (Å²) < 4.78 is 41.1. The summed E-state index contributed by atoms with van der Waals surface area (Å²) >= 11 is 0. The number of Topliss-reactive ketones (excluding diaryl/α,β-unsaturated/α-hetero) is 2. The van der Waals surface area contributed by atoms with Crippen LogP contribution >= 0.6 is 0 Å². The normalized spacial score (nSPS) is 10.2. The number of amides is 2. The van der Waals surface area contributed by atoms with Crippen molar-refractivity contribution in [1.82, 2.24) is 10.6 Å². The Labute approximate surface area is 148 Å². The van der Waals surface area contributed by atoms with Gasteiger partial charge in [0.25, 0.3) is 0 Å².